The Kier molecular flexibility index (Phi) is 3.57. The molecule has 1 aliphatic rings. The SMILES string of the molecule is O=C(c1cc(F)ccc1Br)c1cccc2c1OCCC2. The van der Waals surface area contributed by atoms with Gasteiger partial charge in [-0.15, -0.1) is 0 Å². The average molecular weight is 335 g/mol. The summed E-state index contributed by atoms with van der Waals surface area (Å²) in [7, 11) is 0. The van der Waals surface area contributed by atoms with Gasteiger partial charge in [-0.3, -0.25) is 4.79 Å². The number of fused-ring (bicyclic) bond motifs is 1. The standard InChI is InChI=1S/C16H12BrFO2/c17-14-7-6-11(18)9-13(14)15(19)12-5-1-3-10-4-2-8-20-16(10)12/h1,3,5-7,9H,2,4,8H2. The Morgan fingerprint density at radius 2 is 2.05 bits per heavy atom. The van der Waals surface area contributed by atoms with Crippen molar-refractivity contribution < 1.29 is 13.9 Å². The summed E-state index contributed by atoms with van der Waals surface area (Å²) in [6.45, 7) is 0.613. The first-order valence-corrected chi connectivity index (χ1v) is 7.20. The van der Waals surface area contributed by atoms with Gasteiger partial charge >= 0.3 is 0 Å². The Balaban J connectivity index is 2.09. The van der Waals surface area contributed by atoms with Crippen molar-refractivity contribution in [3.63, 3.8) is 0 Å². The van der Waals surface area contributed by atoms with Gasteiger partial charge in [0.15, 0.2) is 5.78 Å². The van der Waals surface area contributed by atoms with Crippen LogP contribution >= 0.6 is 15.9 Å². The van der Waals surface area contributed by atoms with Crippen LogP contribution in [0.2, 0.25) is 0 Å². The van der Waals surface area contributed by atoms with Crippen LogP contribution in [0.4, 0.5) is 4.39 Å². The van der Waals surface area contributed by atoms with Crippen LogP contribution in [0.5, 0.6) is 5.75 Å². The Labute approximate surface area is 124 Å². The Morgan fingerprint density at radius 1 is 1.20 bits per heavy atom. The van der Waals surface area contributed by atoms with Gasteiger partial charge in [-0.2, -0.15) is 0 Å². The molecule has 0 bridgehead atoms. The molecule has 0 aliphatic carbocycles. The Morgan fingerprint density at radius 3 is 2.90 bits per heavy atom. The van der Waals surface area contributed by atoms with Gasteiger partial charge in [0.25, 0.3) is 0 Å². The highest BCUT2D eigenvalue weighted by atomic mass is 79.9. The zero-order valence-electron chi connectivity index (χ0n) is 10.7. The number of hydrogen-bond donors (Lipinski definition) is 0. The van der Waals surface area contributed by atoms with E-state index in [0.717, 1.165) is 18.4 Å². The van der Waals surface area contributed by atoms with Crippen molar-refractivity contribution in [2.45, 2.75) is 12.8 Å². The molecular weight excluding hydrogens is 323 g/mol. The molecule has 4 heteroatoms. The van der Waals surface area contributed by atoms with E-state index in [1.807, 2.05) is 12.1 Å². The van der Waals surface area contributed by atoms with E-state index in [0.29, 0.717) is 28.0 Å². The molecule has 20 heavy (non-hydrogen) atoms. The van der Waals surface area contributed by atoms with E-state index in [9.17, 15) is 9.18 Å². The summed E-state index contributed by atoms with van der Waals surface area (Å²) in [4.78, 5) is 12.6. The number of aryl methyl sites for hydroxylation is 1. The predicted octanol–water partition coefficient (Wildman–Crippen LogP) is 4.14. The second-order valence-electron chi connectivity index (χ2n) is 4.70. The molecule has 0 aromatic heterocycles. The summed E-state index contributed by atoms with van der Waals surface area (Å²) in [5.74, 6) is -0.0164. The topological polar surface area (TPSA) is 26.3 Å². The van der Waals surface area contributed by atoms with Crippen LogP contribution in [0.3, 0.4) is 0 Å². The van der Waals surface area contributed by atoms with Crippen molar-refractivity contribution >= 4 is 21.7 Å². The van der Waals surface area contributed by atoms with Crippen LogP contribution < -0.4 is 4.74 Å². The third-order valence-corrected chi connectivity index (χ3v) is 4.04. The lowest BCUT2D eigenvalue weighted by molar-refractivity contribution is 0.103. The quantitative estimate of drug-likeness (QED) is 0.771. The molecule has 2 aromatic carbocycles. The molecule has 102 valence electrons. The number of rotatable bonds is 2. The molecule has 0 atom stereocenters. The number of halogens is 2. The maximum Gasteiger partial charge on any atom is 0.198 e. The number of ketones is 1. The van der Waals surface area contributed by atoms with Crippen LogP contribution in [-0.2, 0) is 6.42 Å². The van der Waals surface area contributed by atoms with Crippen LogP contribution in [-0.4, -0.2) is 12.4 Å². The number of ether oxygens (including phenoxy) is 1. The first-order valence-electron chi connectivity index (χ1n) is 6.41. The first-order chi connectivity index (χ1) is 9.66. The van der Waals surface area contributed by atoms with Crippen LogP contribution in [0.1, 0.15) is 27.9 Å². The molecule has 0 unspecified atom stereocenters. The third kappa shape index (κ3) is 2.36. The third-order valence-electron chi connectivity index (χ3n) is 3.35. The van der Waals surface area contributed by atoms with Crippen molar-refractivity contribution in [1.29, 1.82) is 0 Å². The molecule has 1 heterocycles. The molecule has 1 aliphatic heterocycles. The van der Waals surface area contributed by atoms with Crippen molar-refractivity contribution in [3.05, 3.63) is 63.4 Å². The largest absolute Gasteiger partial charge is 0.493 e. The molecule has 2 aromatic rings. The zero-order valence-corrected chi connectivity index (χ0v) is 12.2. The monoisotopic (exact) mass is 334 g/mol. The average Bonchev–Trinajstić information content (AvgIpc) is 2.48. The minimum Gasteiger partial charge on any atom is -0.493 e. The summed E-state index contributed by atoms with van der Waals surface area (Å²) >= 11 is 3.30. The predicted molar refractivity (Wildman–Crippen MR) is 77.8 cm³/mol. The molecule has 0 N–H and O–H groups in total. The highest BCUT2D eigenvalue weighted by Crippen LogP contribution is 2.32. The number of carbonyl (C=O) groups is 1. The van der Waals surface area contributed by atoms with E-state index in [2.05, 4.69) is 15.9 Å². The summed E-state index contributed by atoms with van der Waals surface area (Å²) in [5, 5.41) is 0. The molecule has 0 fully saturated rings. The molecule has 0 spiro atoms. The molecule has 0 saturated carbocycles. The number of benzene rings is 2. The first kappa shape index (κ1) is 13.3. The second-order valence-corrected chi connectivity index (χ2v) is 5.55. The van der Waals surface area contributed by atoms with E-state index in [1.165, 1.54) is 12.1 Å². The fourth-order valence-electron chi connectivity index (χ4n) is 2.38. The molecule has 0 amide bonds. The highest BCUT2D eigenvalue weighted by Gasteiger charge is 2.21. The van der Waals surface area contributed by atoms with Gasteiger partial charge in [-0.1, -0.05) is 28.1 Å². The van der Waals surface area contributed by atoms with E-state index < -0.39 is 5.82 Å². The molecule has 2 nitrogen and oxygen atoms in total. The normalized spacial score (nSPS) is 13.5. The summed E-state index contributed by atoms with van der Waals surface area (Å²) in [6, 6.07) is 9.63. The summed E-state index contributed by atoms with van der Waals surface area (Å²) in [6.07, 6.45) is 1.86. The molecule has 0 saturated heterocycles. The maximum atomic E-state index is 13.4. The zero-order chi connectivity index (χ0) is 14.1. The highest BCUT2D eigenvalue weighted by molar-refractivity contribution is 9.10. The Hall–Kier alpha value is -1.68. The Bertz CT molecular complexity index is 682. The van der Waals surface area contributed by atoms with Crippen LogP contribution in [0, 0.1) is 5.82 Å². The van der Waals surface area contributed by atoms with Crippen molar-refractivity contribution in [2.75, 3.05) is 6.61 Å². The summed E-state index contributed by atoms with van der Waals surface area (Å²) in [5.41, 5.74) is 1.84. The van der Waals surface area contributed by atoms with Gasteiger partial charge in [0, 0.05) is 10.0 Å². The van der Waals surface area contributed by atoms with E-state index in [1.54, 1.807) is 12.1 Å². The van der Waals surface area contributed by atoms with Gasteiger partial charge in [-0.25, -0.2) is 4.39 Å². The molecule has 3 rings (SSSR count). The smallest absolute Gasteiger partial charge is 0.198 e. The van der Waals surface area contributed by atoms with E-state index in [-0.39, 0.29) is 5.78 Å². The lowest BCUT2D eigenvalue weighted by atomic mass is 9.97. The van der Waals surface area contributed by atoms with Crippen LogP contribution in [0.15, 0.2) is 40.9 Å². The molecule has 0 radical (unpaired) electrons. The van der Waals surface area contributed by atoms with E-state index >= 15 is 0 Å². The number of para-hydroxylation sites is 1. The molecular formula is C16H12BrFO2. The van der Waals surface area contributed by atoms with Crippen molar-refractivity contribution in [3.8, 4) is 5.75 Å². The van der Waals surface area contributed by atoms with Crippen molar-refractivity contribution in [1.82, 2.24) is 0 Å². The number of carbonyl (C=O) groups excluding carboxylic acids is 1. The lowest BCUT2D eigenvalue weighted by Gasteiger charge is -2.20. The summed E-state index contributed by atoms with van der Waals surface area (Å²) < 4.78 is 19.6. The maximum absolute atomic E-state index is 13.4. The van der Waals surface area contributed by atoms with Crippen molar-refractivity contribution in [2.24, 2.45) is 0 Å². The fourth-order valence-corrected chi connectivity index (χ4v) is 2.81. The number of hydrogen-bond acceptors (Lipinski definition) is 2. The van der Waals surface area contributed by atoms with Gasteiger partial charge in [-0.05, 0) is 42.7 Å². The van der Waals surface area contributed by atoms with Gasteiger partial charge < -0.3 is 4.74 Å². The van der Waals surface area contributed by atoms with Gasteiger partial charge in [0.2, 0.25) is 0 Å². The lowest BCUT2D eigenvalue weighted by Crippen LogP contribution is -2.13. The van der Waals surface area contributed by atoms with Gasteiger partial charge in [0.05, 0.1) is 12.2 Å². The minimum absolute atomic E-state index is 0.227. The fraction of sp³-hybridized carbons (Fsp3) is 0.188. The minimum atomic E-state index is -0.428. The van der Waals surface area contributed by atoms with Gasteiger partial charge in [0.1, 0.15) is 11.6 Å². The van der Waals surface area contributed by atoms with E-state index in [4.69, 9.17) is 4.74 Å². The second kappa shape index (κ2) is 5.37. The van der Waals surface area contributed by atoms with Crippen LogP contribution in [0.25, 0.3) is 0 Å².